The summed E-state index contributed by atoms with van der Waals surface area (Å²) < 4.78 is 5.22. The fraction of sp³-hybridized carbons (Fsp3) is 0.947. The molecule has 7 heteroatoms. The molecule has 0 aromatic carbocycles. The Labute approximate surface area is 178 Å². The molecular formula is C19H42IN5O. The third-order valence-corrected chi connectivity index (χ3v) is 5.20. The molecule has 2 N–H and O–H groups in total. The minimum absolute atomic E-state index is 0. The van der Waals surface area contributed by atoms with E-state index in [1.807, 2.05) is 7.05 Å². The van der Waals surface area contributed by atoms with Crippen LogP contribution >= 0.6 is 24.0 Å². The molecule has 0 saturated carbocycles. The van der Waals surface area contributed by atoms with Crippen LogP contribution in [0.1, 0.15) is 46.5 Å². The maximum Gasteiger partial charge on any atom is 0.191 e. The normalized spacial score (nSPS) is 19.5. The van der Waals surface area contributed by atoms with Gasteiger partial charge in [0.2, 0.25) is 0 Å². The van der Waals surface area contributed by atoms with Crippen LogP contribution in [0.15, 0.2) is 4.99 Å². The minimum Gasteiger partial charge on any atom is -0.383 e. The lowest BCUT2D eigenvalue weighted by Crippen LogP contribution is -2.47. The highest BCUT2D eigenvalue weighted by atomic mass is 127. The maximum atomic E-state index is 5.22. The molecule has 0 spiro atoms. The maximum absolute atomic E-state index is 5.22. The predicted octanol–water partition coefficient (Wildman–Crippen LogP) is 2.39. The van der Waals surface area contributed by atoms with Crippen LogP contribution in [-0.2, 0) is 4.74 Å². The van der Waals surface area contributed by atoms with Gasteiger partial charge in [0.15, 0.2) is 5.96 Å². The summed E-state index contributed by atoms with van der Waals surface area (Å²) in [5.74, 6) is 0.925. The van der Waals surface area contributed by atoms with Crippen LogP contribution < -0.4 is 10.6 Å². The van der Waals surface area contributed by atoms with E-state index in [0.717, 1.165) is 38.7 Å². The fourth-order valence-electron chi connectivity index (χ4n) is 3.50. The zero-order valence-electron chi connectivity index (χ0n) is 17.6. The molecule has 1 heterocycles. The van der Waals surface area contributed by atoms with Gasteiger partial charge in [-0.3, -0.25) is 9.89 Å². The van der Waals surface area contributed by atoms with Gasteiger partial charge in [-0.25, -0.2) is 0 Å². The van der Waals surface area contributed by atoms with E-state index >= 15 is 0 Å². The molecule has 0 aliphatic carbocycles. The van der Waals surface area contributed by atoms with Gasteiger partial charge < -0.3 is 20.3 Å². The first kappa shape index (κ1) is 25.9. The molecule has 1 rings (SSSR count). The number of guanidine groups is 1. The summed E-state index contributed by atoms with van der Waals surface area (Å²) in [6.45, 7) is 14.1. The van der Waals surface area contributed by atoms with Crippen molar-refractivity contribution in [1.29, 1.82) is 0 Å². The number of halogens is 1. The van der Waals surface area contributed by atoms with E-state index in [1.165, 1.54) is 38.8 Å². The summed E-state index contributed by atoms with van der Waals surface area (Å²) in [6, 6.07) is 1.03. The first-order valence-corrected chi connectivity index (χ1v) is 10.1. The summed E-state index contributed by atoms with van der Waals surface area (Å²) in [5.41, 5.74) is 0. The SMILES string of the molecule is CCN(CC)CCCC(C)NC(=NC)NCC1CCCN1CCOC.I. The Kier molecular flexibility index (Phi) is 15.8. The number of methoxy groups -OCH3 is 1. The van der Waals surface area contributed by atoms with Gasteiger partial charge in [-0.05, 0) is 58.8 Å². The van der Waals surface area contributed by atoms with Gasteiger partial charge in [0, 0.05) is 39.3 Å². The topological polar surface area (TPSA) is 52.1 Å². The monoisotopic (exact) mass is 483 g/mol. The van der Waals surface area contributed by atoms with Crippen LogP contribution in [0.2, 0.25) is 0 Å². The van der Waals surface area contributed by atoms with Crippen molar-refractivity contribution in [2.24, 2.45) is 4.99 Å². The Balaban J connectivity index is 0.00000625. The zero-order chi connectivity index (χ0) is 18.5. The second-order valence-corrected chi connectivity index (χ2v) is 6.99. The molecule has 0 aromatic heterocycles. The second kappa shape index (κ2) is 15.9. The Morgan fingerprint density at radius 1 is 1.35 bits per heavy atom. The number of hydrogen-bond acceptors (Lipinski definition) is 4. The van der Waals surface area contributed by atoms with Gasteiger partial charge in [0.1, 0.15) is 0 Å². The Morgan fingerprint density at radius 2 is 2.08 bits per heavy atom. The predicted molar refractivity (Wildman–Crippen MR) is 123 cm³/mol. The van der Waals surface area contributed by atoms with Crippen LogP contribution in [-0.4, -0.2) is 87.9 Å². The highest BCUT2D eigenvalue weighted by molar-refractivity contribution is 14.0. The van der Waals surface area contributed by atoms with Crippen LogP contribution in [0.4, 0.5) is 0 Å². The molecule has 26 heavy (non-hydrogen) atoms. The van der Waals surface area contributed by atoms with Crippen molar-refractivity contribution >= 4 is 29.9 Å². The van der Waals surface area contributed by atoms with Gasteiger partial charge in [-0.1, -0.05) is 13.8 Å². The quantitative estimate of drug-likeness (QED) is 0.254. The molecule has 156 valence electrons. The largest absolute Gasteiger partial charge is 0.383 e. The second-order valence-electron chi connectivity index (χ2n) is 6.99. The Hall–Kier alpha value is -0.120. The molecule has 0 amide bonds. The molecule has 1 fully saturated rings. The molecule has 2 unspecified atom stereocenters. The molecule has 6 nitrogen and oxygen atoms in total. The molecule has 0 bridgehead atoms. The smallest absolute Gasteiger partial charge is 0.191 e. The van der Waals surface area contributed by atoms with Crippen LogP contribution in [0, 0.1) is 0 Å². The summed E-state index contributed by atoms with van der Waals surface area (Å²) in [7, 11) is 3.63. The van der Waals surface area contributed by atoms with E-state index < -0.39 is 0 Å². The van der Waals surface area contributed by atoms with Crippen molar-refractivity contribution in [1.82, 2.24) is 20.4 Å². The van der Waals surface area contributed by atoms with Gasteiger partial charge in [-0.2, -0.15) is 0 Å². The molecule has 1 aliphatic heterocycles. The lowest BCUT2D eigenvalue weighted by atomic mass is 10.2. The third-order valence-electron chi connectivity index (χ3n) is 5.20. The van der Waals surface area contributed by atoms with Crippen molar-refractivity contribution < 1.29 is 4.74 Å². The Bertz CT molecular complexity index is 366. The van der Waals surface area contributed by atoms with Gasteiger partial charge >= 0.3 is 0 Å². The Morgan fingerprint density at radius 3 is 2.69 bits per heavy atom. The van der Waals surface area contributed by atoms with E-state index in [9.17, 15) is 0 Å². The number of hydrogen-bond donors (Lipinski definition) is 2. The third kappa shape index (κ3) is 10.3. The average molecular weight is 483 g/mol. The molecule has 0 radical (unpaired) electrons. The molecule has 1 aliphatic rings. The fourth-order valence-corrected chi connectivity index (χ4v) is 3.50. The van der Waals surface area contributed by atoms with Gasteiger partial charge in [0.05, 0.1) is 6.61 Å². The van der Waals surface area contributed by atoms with E-state index in [-0.39, 0.29) is 24.0 Å². The van der Waals surface area contributed by atoms with Crippen molar-refractivity contribution in [3.05, 3.63) is 0 Å². The van der Waals surface area contributed by atoms with Crippen molar-refractivity contribution in [2.75, 3.05) is 60.0 Å². The van der Waals surface area contributed by atoms with Crippen molar-refractivity contribution in [2.45, 2.75) is 58.5 Å². The minimum atomic E-state index is 0. The van der Waals surface area contributed by atoms with Crippen molar-refractivity contribution in [3.8, 4) is 0 Å². The molecular weight excluding hydrogens is 441 g/mol. The number of likely N-dealkylation sites (tertiary alicyclic amines) is 1. The van der Waals surface area contributed by atoms with Crippen LogP contribution in [0.25, 0.3) is 0 Å². The molecule has 2 atom stereocenters. The number of nitrogens with zero attached hydrogens (tertiary/aromatic N) is 3. The standard InChI is InChI=1S/C19H41N5O.HI/c1-6-23(7-2)12-8-10-17(3)22-19(20-4)21-16-18-11-9-13-24(18)14-15-25-5;/h17-18H,6-16H2,1-5H3,(H2,20,21,22);1H. The van der Waals surface area contributed by atoms with Crippen LogP contribution in [0.5, 0.6) is 0 Å². The highest BCUT2D eigenvalue weighted by Gasteiger charge is 2.24. The van der Waals surface area contributed by atoms with Gasteiger partial charge in [0.25, 0.3) is 0 Å². The van der Waals surface area contributed by atoms with Crippen molar-refractivity contribution in [3.63, 3.8) is 0 Å². The first-order chi connectivity index (χ1) is 12.1. The lowest BCUT2D eigenvalue weighted by molar-refractivity contribution is 0.141. The summed E-state index contributed by atoms with van der Waals surface area (Å²) in [6.07, 6.45) is 4.93. The lowest BCUT2D eigenvalue weighted by Gasteiger charge is -2.26. The first-order valence-electron chi connectivity index (χ1n) is 10.1. The van der Waals surface area contributed by atoms with E-state index in [0.29, 0.717) is 12.1 Å². The number of aliphatic imine (C=N–C) groups is 1. The highest BCUT2D eigenvalue weighted by Crippen LogP contribution is 2.15. The number of nitrogens with one attached hydrogen (secondary N) is 2. The molecule has 0 aromatic rings. The molecule has 1 saturated heterocycles. The van der Waals surface area contributed by atoms with Crippen LogP contribution in [0.3, 0.4) is 0 Å². The summed E-state index contributed by atoms with van der Waals surface area (Å²) in [5, 5.41) is 7.05. The number of rotatable bonds is 12. The zero-order valence-corrected chi connectivity index (χ0v) is 19.9. The van der Waals surface area contributed by atoms with E-state index in [1.54, 1.807) is 7.11 Å². The average Bonchev–Trinajstić information content (AvgIpc) is 3.07. The van der Waals surface area contributed by atoms with E-state index in [2.05, 4.69) is 46.2 Å². The van der Waals surface area contributed by atoms with E-state index in [4.69, 9.17) is 4.74 Å². The summed E-state index contributed by atoms with van der Waals surface area (Å²) >= 11 is 0. The van der Waals surface area contributed by atoms with Gasteiger partial charge in [-0.15, -0.1) is 24.0 Å². The summed E-state index contributed by atoms with van der Waals surface area (Å²) in [4.78, 5) is 9.40. The number of ether oxygens (including phenoxy) is 1.